The van der Waals surface area contributed by atoms with Crippen LogP contribution in [0.2, 0.25) is 0 Å². The largest absolute Gasteiger partial charge is 0.493 e. The van der Waals surface area contributed by atoms with Crippen molar-refractivity contribution in [2.75, 3.05) is 56.7 Å². The standard InChI is InChI=1S/C36H41F2N4O10PS/c1-5-50-53(45,51-6-2)23-42(54(4,46)47)18-7-19-49-33-22-29-27(21-32(33)48-3)30(14-17-39-29)52-31-13-12-26(20-28(31)38)41-35(44)36(15-16-36)34(43)40-25-10-8-24(37)9-11-25/h8-14,17,20-22H,5-7,15-16,18-19,23H2,1-4H3,(H,40,43)(H,41,44). The normalized spacial score (nSPS) is 13.8. The molecule has 1 fully saturated rings. The number of hydrogen-bond donors (Lipinski definition) is 2. The van der Waals surface area contributed by atoms with Gasteiger partial charge in [-0.3, -0.25) is 19.1 Å². The third-order valence-electron chi connectivity index (χ3n) is 8.38. The van der Waals surface area contributed by atoms with E-state index in [0.717, 1.165) is 16.6 Å². The molecule has 0 saturated heterocycles. The van der Waals surface area contributed by atoms with E-state index in [-0.39, 0.29) is 50.0 Å². The first kappa shape index (κ1) is 40.5. The first-order chi connectivity index (χ1) is 25.7. The molecule has 1 aromatic heterocycles. The van der Waals surface area contributed by atoms with E-state index in [0.29, 0.717) is 40.9 Å². The molecule has 54 heavy (non-hydrogen) atoms. The minimum absolute atomic E-state index is 0.0170. The molecule has 1 aliphatic carbocycles. The maximum absolute atomic E-state index is 15.3. The summed E-state index contributed by atoms with van der Waals surface area (Å²) in [6.45, 7) is 3.50. The van der Waals surface area contributed by atoms with Crippen LogP contribution in [0.5, 0.6) is 23.0 Å². The van der Waals surface area contributed by atoms with Gasteiger partial charge in [0.2, 0.25) is 21.8 Å². The van der Waals surface area contributed by atoms with Crippen LogP contribution in [0, 0.1) is 17.0 Å². The average molecular weight is 791 g/mol. The number of rotatable bonds is 19. The minimum atomic E-state index is -3.75. The lowest BCUT2D eigenvalue weighted by Gasteiger charge is -2.25. The van der Waals surface area contributed by atoms with Gasteiger partial charge in [-0.2, -0.15) is 4.31 Å². The fourth-order valence-electron chi connectivity index (χ4n) is 5.46. The maximum atomic E-state index is 15.3. The molecule has 14 nitrogen and oxygen atoms in total. The summed E-state index contributed by atoms with van der Waals surface area (Å²) in [5.41, 5.74) is -0.439. The lowest BCUT2D eigenvalue weighted by Crippen LogP contribution is -2.35. The summed E-state index contributed by atoms with van der Waals surface area (Å²) in [5.74, 6) is -1.68. The number of amides is 2. The minimum Gasteiger partial charge on any atom is -0.493 e. The first-order valence-electron chi connectivity index (χ1n) is 17.0. The molecule has 0 unspecified atom stereocenters. The van der Waals surface area contributed by atoms with Crippen molar-refractivity contribution in [2.24, 2.45) is 5.41 Å². The van der Waals surface area contributed by atoms with Crippen molar-refractivity contribution in [1.29, 1.82) is 0 Å². The predicted octanol–water partition coefficient (Wildman–Crippen LogP) is 6.93. The monoisotopic (exact) mass is 790 g/mol. The SMILES string of the molecule is CCOP(=O)(CN(CCCOc1cc2nccc(Oc3ccc(NC(=O)C4(C(=O)Nc5ccc(F)cc5)CC4)cc3F)c2cc1OC)S(C)(=O)=O)OCC. The van der Waals surface area contributed by atoms with E-state index in [1.165, 1.54) is 55.8 Å². The Balaban J connectivity index is 1.23. The molecule has 5 rings (SSSR count). The Hall–Kier alpha value is -4.67. The van der Waals surface area contributed by atoms with Gasteiger partial charge in [0.1, 0.15) is 23.3 Å². The number of carbonyl (C=O) groups is 2. The Morgan fingerprint density at radius 2 is 1.54 bits per heavy atom. The molecule has 0 aliphatic heterocycles. The van der Waals surface area contributed by atoms with E-state index in [1.54, 1.807) is 26.0 Å². The first-order valence-corrected chi connectivity index (χ1v) is 20.6. The van der Waals surface area contributed by atoms with Gasteiger partial charge in [0.05, 0.1) is 38.7 Å². The molecule has 1 saturated carbocycles. The number of fused-ring (bicyclic) bond motifs is 1. The topological polar surface area (TPSA) is 172 Å². The third kappa shape index (κ3) is 9.89. The highest BCUT2D eigenvalue weighted by molar-refractivity contribution is 7.88. The van der Waals surface area contributed by atoms with Gasteiger partial charge in [0, 0.05) is 41.6 Å². The third-order valence-corrected chi connectivity index (χ3v) is 11.8. The van der Waals surface area contributed by atoms with Crippen LogP contribution in [-0.4, -0.2) is 75.5 Å². The number of pyridine rings is 1. The molecule has 18 heteroatoms. The number of aromatic nitrogens is 1. The zero-order valence-corrected chi connectivity index (χ0v) is 31.8. The second-order valence-electron chi connectivity index (χ2n) is 12.3. The van der Waals surface area contributed by atoms with E-state index in [4.69, 9.17) is 23.3 Å². The summed E-state index contributed by atoms with van der Waals surface area (Å²) in [6, 6.07) is 13.8. The molecule has 0 spiro atoms. The molecular weight excluding hydrogens is 749 g/mol. The average Bonchev–Trinajstić information content (AvgIpc) is 3.94. The van der Waals surface area contributed by atoms with E-state index >= 15 is 4.39 Å². The fraction of sp³-hybridized carbons (Fsp3) is 0.361. The zero-order chi connectivity index (χ0) is 39.1. The Bertz CT molecular complexity index is 2140. The summed E-state index contributed by atoms with van der Waals surface area (Å²) < 4.78 is 95.4. The summed E-state index contributed by atoms with van der Waals surface area (Å²) in [5, 5.41) is 5.70. The maximum Gasteiger partial charge on any atom is 0.345 e. The number of methoxy groups -OCH3 is 1. The van der Waals surface area contributed by atoms with Crippen molar-refractivity contribution < 1.29 is 54.6 Å². The summed E-state index contributed by atoms with van der Waals surface area (Å²) >= 11 is 0. The van der Waals surface area contributed by atoms with Crippen molar-refractivity contribution in [1.82, 2.24) is 9.29 Å². The van der Waals surface area contributed by atoms with Crippen molar-refractivity contribution in [2.45, 2.75) is 33.1 Å². The van der Waals surface area contributed by atoms with E-state index in [2.05, 4.69) is 15.6 Å². The Morgan fingerprint density at radius 3 is 2.13 bits per heavy atom. The Labute approximate surface area is 311 Å². The number of hydrogen-bond acceptors (Lipinski definition) is 11. The fourth-order valence-corrected chi connectivity index (χ4v) is 8.73. The van der Waals surface area contributed by atoms with Gasteiger partial charge in [-0.1, -0.05) is 0 Å². The smallest absolute Gasteiger partial charge is 0.345 e. The molecule has 0 radical (unpaired) electrons. The molecular formula is C36H41F2N4O10PS. The van der Waals surface area contributed by atoms with E-state index in [9.17, 15) is 27.0 Å². The highest BCUT2D eigenvalue weighted by Gasteiger charge is 2.56. The number of ether oxygens (including phenoxy) is 3. The van der Waals surface area contributed by atoms with Crippen LogP contribution in [0.4, 0.5) is 20.2 Å². The van der Waals surface area contributed by atoms with Crippen molar-refractivity contribution >= 4 is 51.7 Å². The highest BCUT2D eigenvalue weighted by atomic mass is 32.2. The number of nitrogens with zero attached hydrogens (tertiary/aromatic N) is 2. The van der Waals surface area contributed by atoms with Crippen molar-refractivity contribution in [3.8, 4) is 23.0 Å². The van der Waals surface area contributed by atoms with Crippen LogP contribution in [0.15, 0.2) is 66.9 Å². The molecule has 3 aromatic carbocycles. The van der Waals surface area contributed by atoms with Crippen LogP contribution in [0.1, 0.15) is 33.1 Å². The molecule has 0 atom stereocenters. The van der Waals surface area contributed by atoms with E-state index in [1.807, 2.05) is 0 Å². The van der Waals surface area contributed by atoms with Crippen LogP contribution in [0.25, 0.3) is 10.9 Å². The molecule has 2 amide bonds. The summed E-state index contributed by atoms with van der Waals surface area (Å²) in [7, 11) is -6.00. The Morgan fingerprint density at radius 1 is 0.889 bits per heavy atom. The number of carbonyl (C=O) groups excluding carboxylic acids is 2. The van der Waals surface area contributed by atoms with Gasteiger partial charge in [0.15, 0.2) is 23.1 Å². The van der Waals surface area contributed by atoms with Gasteiger partial charge >= 0.3 is 7.60 Å². The second-order valence-corrected chi connectivity index (χ2v) is 16.3. The Kier molecular flexibility index (Phi) is 12.9. The molecule has 1 aliphatic rings. The molecule has 0 bridgehead atoms. The number of sulfonamides is 1. The van der Waals surface area contributed by atoms with Crippen molar-refractivity contribution in [3.05, 3.63) is 78.5 Å². The number of anilines is 2. The number of benzene rings is 3. The quantitative estimate of drug-likeness (QED) is 0.0574. The van der Waals surface area contributed by atoms with Crippen molar-refractivity contribution in [3.63, 3.8) is 0 Å². The van der Waals surface area contributed by atoms with Crippen LogP contribution < -0.4 is 24.8 Å². The predicted molar refractivity (Wildman–Crippen MR) is 197 cm³/mol. The summed E-state index contributed by atoms with van der Waals surface area (Å²) in [4.78, 5) is 30.4. The van der Waals surface area contributed by atoms with Gasteiger partial charge in [-0.25, -0.2) is 17.2 Å². The van der Waals surface area contributed by atoms with Gasteiger partial charge in [-0.15, -0.1) is 0 Å². The molecule has 4 aromatic rings. The lowest BCUT2D eigenvalue weighted by molar-refractivity contribution is -0.131. The van der Waals surface area contributed by atoms with Gasteiger partial charge < -0.3 is 33.9 Å². The zero-order valence-electron chi connectivity index (χ0n) is 30.1. The van der Waals surface area contributed by atoms with Crippen LogP contribution in [-0.2, 0) is 33.2 Å². The van der Waals surface area contributed by atoms with Crippen LogP contribution in [0.3, 0.4) is 0 Å². The molecule has 2 N–H and O–H groups in total. The van der Waals surface area contributed by atoms with Gasteiger partial charge in [-0.05, 0) is 81.6 Å². The summed E-state index contributed by atoms with van der Waals surface area (Å²) in [6.07, 6.45) is 2.87. The highest BCUT2D eigenvalue weighted by Crippen LogP contribution is 2.49. The van der Waals surface area contributed by atoms with Crippen LogP contribution >= 0.6 is 7.60 Å². The number of halogens is 2. The van der Waals surface area contributed by atoms with Gasteiger partial charge in [0.25, 0.3) is 0 Å². The van der Waals surface area contributed by atoms with E-state index < -0.39 is 52.8 Å². The number of nitrogens with one attached hydrogen (secondary N) is 2. The molecule has 1 heterocycles. The molecule has 290 valence electrons. The second kappa shape index (κ2) is 17.2. The lowest BCUT2D eigenvalue weighted by atomic mass is 10.0.